The van der Waals surface area contributed by atoms with Crippen LogP contribution in [0.25, 0.3) is 0 Å². The predicted molar refractivity (Wildman–Crippen MR) is 83.6 cm³/mol. The van der Waals surface area contributed by atoms with Crippen LogP contribution < -0.4 is 10.1 Å². The van der Waals surface area contributed by atoms with E-state index >= 15 is 0 Å². The van der Waals surface area contributed by atoms with Crippen molar-refractivity contribution >= 4 is 5.82 Å². The fourth-order valence-corrected chi connectivity index (χ4v) is 2.78. The monoisotopic (exact) mass is 293 g/mol. The Balaban J connectivity index is 1.83. The molecule has 118 valence electrons. The average molecular weight is 293 g/mol. The number of nitrogens with one attached hydrogen (secondary N) is 1. The SMILES string of the molecule is CCOc1cncc(NCC(C)(C)CC2CCOCC2)n1. The summed E-state index contributed by atoms with van der Waals surface area (Å²) in [4.78, 5) is 8.55. The van der Waals surface area contributed by atoms with Crippen molar-refractivity contribution in [1.29, 1.82) is 0 Å². The molecule has 1 aliphatic heterocycles. The van der Waals surface area contributed by atoms with Crippen LogP contribution in [-0.2, 0) is 4.74 Å². The molecule has 5 nitrogen and oxygen atoms in total. The highest BCUT2D eigenvalue weighted by atomic mass is 16.5. The van der Waals surface area contributed by atoms with E-state index in [1.807, 2.05) is 6.92 Å². The molecule has 0 atom stereocenters. The molecule has 5 heteroatoms. The van der Waals surface area contributed by atoms with Crippen molar-refractivity contribution in [3.05, 3.63) is 12.4 Å². The van der Waals surface area contributed by atoms with Crippen LogP contribution in [0.2, 0.25) is 0 Å². The highest BCUT2D eigenvalue weighted by molar-refractivity contribution is 5.33. The molecule has 1 aromatic rings. The number of anilines is 1. The molecule has 2 heterocycles. The molecule has 0 unspecified atom stereocenters. The summed E-state index contributed by atoms with van der Waals surface area (Å²) in [6.45, 7) is 9.86. The first-order chi connectivity index (χ1) is 10.1. The minimum Gasteiger partial charge on any atom is -0.477 e. The average Bonchev–Trinajstić information content (AvgIpc) is 2.47. The Labute approximate surface area is 127 Å². The van der Waals surface area contributed by atoms with Gasteiger partial charge in [-0.05, 0) is 37.5 Å². The van der Waals surface area contributed by atoms with E-state index in [1.54, 1.807) is 12.4 Å². The van der Waals surface area contributed by atoms with E-state index in [0.717, 1.165) is 31.5 Å². The van der Waals surface area contributed by atoms with Crippen LogP contribution in [0.4, 0.5) is 5.82 Å². The molecule has 21 heavy (non-hydrogen) atoms. The Kier molecular flexibility index (Phi) is 5.79. The second kappa shape index (κ2) is 7.59. The van der Waals surface area contributed by atoms with Crippen molar-refractivity contribution in [2.45, 2.75) is 40.0 Å². The number of ether oxygens (including phenoxy) is 2. The molecule has 1 saturated heterocycles. The molecule has 0 saturated carbocycles. The van der Waals surface area contributed by atoms with Crippen LogP contribution in [0.3, 0.4) is 0 Å². The van der Waals surface area contributed by atoms with Gasteiger partial charge in [-0.3, -0.25) is 4.98 Å². The molecule has 0 aliphatic carbocycles. The lowest BCUT2D eigenvalue weighted by atomic mass is 9.80. The summed E-state index contributed by atoms with van der Waals surface area (Å²) >= 11 is 0. The van der Waals surface area contributed by atoms with Crippen molar-refractivity contribution in [2.24, 2.45) is 11.3 Å². The lowest BCUT2D eigenvalue weighted by Crippen LogP contribution is -2.29. The summed E-state index contributed by atoms with van der Waals surface area (Å²) in [5.41, 5.74) is 0.227. The second-order valence-corrected chi connectivity index (χ2v) is 6.45. The maximum atomic E-state index is 5.43. The summed E-state index contributed by atoms with van der Waals surface area (Å²) in [7, 11) is 0. The van der Waals surface area contributed by atoms with Gasteiger partial charge in [0, 0.05) is 19.8 Å². The minimum absolute atomic E-state index is 0.227. The molecule has 0 amide bonds. The lowest BCUT2D eigenvalue weighted by Gasteiger charge is -2.32. The van der Waals surface area contributed by atoms with Gasteiger partial charge in [0.15, 0.2) is 0 Å². The predicted octanol–water partition coefficient (Wildman–Crippen LogP) is 3.13. The second-order valence-electron chi connectivity index (χ2n) is 6.45. The molecule has 1 fully saturated rings. The van der Waals surface area contributed by atoms with E-state index in [1.165, 1.54) is 19.3 Å². The van der Waals surface area contributed by atoms with E-state index in [9.17, 15) is 0 Å². The molecule has 2 rings (SSSR count). The van der Waals surface area contributed by atoms with Crippen LogP contribution in [0.15, 0.2) is 12.4 Å². The Hall–Kier alpha value is -1.36. The van der Waals surface area contributed by atoms with E-state index in [-0.39, 0.29) is 5.41 Å². The molecular formula is C16H27N3O2. The lowest BCUT2D eigenvalue weighted by molar-refractivity contribution is 0.0526. The van der Waals surface area contributed by atoms with Crippen molar-refractivity contribution in [3.63, 3.8) is 0 Å². The van der Waals surface area contributed by atoms with Crippen LogP contribution in [0.1, 0.15) is 40.0 Å². The van der Waals surface area contributed by atoms with Gasteiger partial charge in [-0.2, -0.15) is 4.98 Å². The maximum Gasteiger partial charge on any atom is 0.234 e. The van der Waals surface area contributed by atoms with Crippen molar-refractivity contribution in [2.75, 3.05) is 31.7 Å². The molecule has 1 aromatic heterocycles. The van der Waals surface area contributed by atoms with Crippen LogP contribution in [0.5, 0.6) is 5.88 Å². The molecule has 0 spiro atoms. The highest BCUT2D eigenvalue weighted by Gasteiger charge is 2.25. The van der Waals surface area contributed by atoms with Gasteiger partial charge >= 0.3 is 0 Å². The first-order valence-electron chi connectivity index (χ1n) is 7.85. The van der Waals surface area contributed by atoms with Crippen LogP contribution >= 0.6 is 0 Å². The topological polar surface area (TPSA) is 56.3 Å². The van der Waals surface area contributed by atoms with E-state index in [2.05, 4.69) is 29.1 Å². The van der Waals surface area contributed by atoms with Gasteiger partial charge in [0.1, 0.15) is 5.82 Å². The van der Waals surface area contributed by atoms with E-state index < -0.39 is 0 Å². The fraction of sp³-hybridized carbons (Fsp3) is 0.750. The van der Waals surface area contributed by atoms with Gasteiger partial charge in [-0.25, -0.2) is 0 Å². The summed E-state index contributed by atoms with van der Waals surface area (Å²) in [6.07, 6.45) is 6.96. The van der Waals surface area contributed by atoms with Gasteiger partial charge in [-0.15, -0.1) is 0 Å². The molecule has 1 N–H and O–H groups in total. The number of nitrogens with zero attached hydrogens (tertiary/aromatic N) is 2. The molecule has 0 bridgehead atoms. The molecule has 1 aliphatic rings. The maximum absolute atomic E-state index is 5.43. The Bertz CT molecular complexity index is 431. The summed E-state index contributed by atoms with van der Waals surface area (Å²) < 4.78 is 10.8. The zero-order valence-electron chi connectivity index (χ0n) is 13.4. The van der Waals surface area contributed by atoms with E-state index in [0.29, 0.717) is 12.5 Å². The first-order valence-corrected chi connectivity index (χ1v) is 7.85. The third-order valence-corrected chi connectivity index (χ3v) is 3.83. The Morgan fingerprint density at radius 2 is 2.10 bits per heavy atom. The van der Waals surface area contributed by atoms with Gasteiger partial charge in [0.2, 0.25) is 5.88 Å². The first kappa shape index (κ1) is 16.0. The Morgan fingerprint density at radius 3 is 2.81 bits per heavy atom. The van der Waals surface area contributed by atoms with Crippen LogP contribution in [0, 0.1) is 11.3 Å². The van der Waals surface area contributed by atoms with Gasteiger partial charge < -0.3 is 14.8 Å². The number of rotatable bonds is 7. The van der Waals surface area contributed by atoms with Gasteiger partial charge in [0.25, 0.3) is 0 Å². The standard InChI is InChI=1S/C16H27N3O2/c1-4-21-15-11-17-10-14(19-15)18-12-16(2,3)9-13-5-7-20-8-6-13/h10-11,13H,4-9,12H2,1-3H3,(H,18,19). The number of hydrogen-bond donors (Lipinski definition) is 1. The van der Waals surface area contributed by atoms with Crippen molar-refractivity contribution in [1.82, 2.24) is 9.97 Å². The number of hydrogen-bond acceptors (Lipinski definition) is 5. The molecule has 0 aromatic carbocycles. The third-order valence-electron chi connectivity index (χ3n) is 3.83. The zero-order valence-corrected chi connectivity index (χ0v) is 13.4. The van der Waals surface area contributed by atoms with Crippen molar-refractivity contribution in [3.8, 4) is 5.88 Å². The quantitative estimate of drug-likeness (QED) is 0.837. The van der Waals surface area contributed by atoms with Gasteiger partial charge in [0.05, 0.1) is 19.0 Å². The summed E-state index contributed by atoms with van der Waals surface area (Å²) in [6, 6.07) is 0. The minimum atomic E-state index is 0.227. The zero-order chi connectivity index (χ0) is 15.1. The van der Waals surface area contributed by atoms with Gasteiger partial charge in [-0.1, -0.05) is 13.8 Å². The van der Waals surface area contributed by atoms with Crippen molar-refractivity contribution < 1.29 is 9.47 Å². The molecule has 0 radical (unpaired) electrons. The smallest absolute Gasteiger partial charge is 0.234 e. The number of aromatic nitrogens is 2. The summed E-state index contributed by atoms with van der Waals surface area (Å²) in [5, 5.41) is 3.39. The fourth-order valence-electron chi connectivity index (χ4n) is 2.78. The highest BCUT2D eigenvalue weighted by Crippen LogP contribution is 2.31. The largest absolute Gasteiger partial charge is 0.477 e. The molecular weight excluding hydrogens is 266 g/mol. The third kappa shape index (κ3) is 5.50. The van der Waals surface area contributed by atoms with E-state index in [4.69, 9.17) is 9.47 Å². The summed E-state index contributed by atoms with van der Waals surface area (Å²) in [5.74, 6) is 2.13. The Morgan fingerprint density at radius 1 is 1.33 bits per heavy atom. The normalized spacial score (nSPS) is 16.7. The van der Waals surface area contributed by atoms with Crippen LogP contribution in [-0.4, -0.2) is 36.3 Å².